The summed E-state index contributed by atoms with van der Waals surface area (Å²) in [5, 5.41) is 8.67. The lowest BCUT2D eigenvalue weighted by molar-refractivity contribution is 0.0598. The molecule has 1 aliphatic rings. The SMILES string of the molecule is COC(=O)c1cccc(Cn2nc(-c3nc(-c4ccc(C5(F)CCC5)cc4)no3)cc2C)c1. The number of carbonyl (C=O) groups is 1. The average Bonchev–Trinajstić information content (AvgIpc) is 3.44. The Morgan fingerprint density at radius 3 is 2.67 bits per heavy atom. The lowest BCUT2D eigenvalue weighted by Crippen LogP contribution is -2.28. The number of carbonyl (C=O) groups excluding carboxylic acids is 1. The third-order valence-electron chi connectivity index (χ3n) is 6.11. The molecule has 4 aromatic rings. The highest BCUT2D eigenvalue weighted by Crippen LogP contribution is 2.45. The predicted octanol–water partition coefficient (Wildman–Crippen LogP) is 5.09. The van der Waals surface area contributed by atoms with Crippen LogP contribution in [0.3, 0.4) is 0 Å². The first-order valence-electron chi connectivity index (χ1n) is 10.8. The first-order chi connectivity index (χ1) is 15.9. The molecule has 8 heteroatoms. The molecule has 0 saturated heterocycles. The van der Waals surface area contributed by atoms with Crippen molar-refractivity contribution in [3.63, 3.8) is 0 Å². The van der Waals surface area contributed by atoms with Crippen molar-refractivity contribution in [3.05, 3.63) is 77.0 Å². The lowest BCUT2D eigenvalue weighted by Gasteiger charge is -2.34. The van der Waals surface area contributed by atoms with E-state index in [4.69, 9.17) is 9.26 Å². The van der Waals surface area contributed by atoms with E-state index in [2.05, 4.69) is 15.2 Å². The molecule has 1 saturated carbocycles. The van der Waals surface area contributed by atoms with Gasteiger partial charge in [-0.1, -0.05) is 41.6 Å². The minimum absolute atomic E-state index is 0.306. The number of methoxy groups -OCH3 is 1. The van der Waals surface area contributed by atoms with Gasteiger partial charge in [-0.3, -0.25) is 4.68 Å². The number of alkyl halides is 1. The number of halogens is 1. The smallest absolute Gasteiger partial charge is 0.337 e. The molecule has 5 rings (SSSR count). The van der Waals surface area contributed by atoms with Crippen molar-refractivity contribution >= 4 is 5.97 Å². The summed E-state index contributed by atoms with van der Waals surface area (Å²) in [4.78, 5) is 16.3. The minimum Gasteiger partial charge on any atom is -0.465 e. The van der Waals surface area contributed by atoms with Gasteiger partial charge in [0.05, 0.1) is 19.2 Å². The molecule has 2 aromatic carbocycles. The number of hydrogen-bond acceptors (Lipinski definition) is 6. The van der Waals surface area contributed by atoms with E-state index in [9.17, 15) is 9.18 Å². The second-order valence-corrected chi connectivity index (χ2v) is 8.34. The topological polar surface area (TPSA) is 83.0 Å². The van der Waals surface area contributed by atoms with Gasteiger partial charge in [-0.25, -0.2) is 9.18 Å². The zero-order valence-corrected chi connectivity index (χ0v) is 18.4. The Morgan fingerprint density at radius 1 is 1.18 bits per heavy atom. The number of aromatic nitrogens is 4. The van der Waals surface area contributed by atoms with Crippen LogP contribution < -0.4 is 0 Å². The van der Waals surface area contributed by atoms with Crippen LogP contribution in [-0.2, 0) is 17.0 Å². The molecule has 0 N–H and O–H groups in total. The average molecular weight is 446 g/mol. The van der Waals surface area contributed by atoms with E-state index in [1.54, 1.807) is 24.3 Å². The van der Waals surface area contributed by atoms with Crippen LogP contribution in [0.5, 0.6) is 0 Å². The van der Waals surface area contributed by atoms with Crippen LogP contribution in [-0.4, -0.2) is 33.0 Å². The van der Waals surface area contributed by atoms with Crippen molar-refractivity contribution in [1.82, 2.24) is 19.9 Å². The second kappa shape index (κ2) is 8.27. The van der Waals surface area contributed by atoms with Gasteiger partial charge in [0.2, 0.25) is 5.82 Å². The van der Waals surface area contributed by atoms with Gasteiger partial charge in [-0.05, 0) is 55.5 Å². The number of rotatable bonds is 6. The molecule has 7 nitrogen and oxygen atoms in total. The van der Waals surface area contributed by atoms with Crippen LogP contribution in [0, 0.1) is 6.92 Å². The highest BCUT2D eigenvalue weighted by Gasteiger charge is 2.38. The second-order valence-electron chi connectivity index (χ2n) is 8.34. The molecule has 0 amide bonds. The van der Waals surface area contributed by atoms with Gasteiger partial charge in [-0.2, -0.15) is 10.1 Å². The molecular formula is C25H23FN4O3. The van der Waals surface area contributed by atoms with E-state index >= 15 is 0 Å². The maximum absolute atomic E-state index is 14.6. The van der Waals surface area contributed by atoms with Crippen molar-refractivity contribution < 1.29 is 18.4 Å². The molecule has 0 radical (unpaired) electrons. The van der Waals surface area contributed by atoms with E-state index in [1.807, 2.05) is 41.9 Å². The summed E-state index contributed by atoms with van der Waals surface area (Å²) in [6.07, 6.45) is 2.08. The fraction of sp³-hybridized carbons (Fsp3) is 0.280. The number of hydrogen-bond donors (Lipinski definition) is 0. The summed E-state index contributed by atoms with van der Waals surface area (Å²) >= 11 is 0. The van der Waals surface area contributed by atoms with E-state index in [-0.39, 0.29) is 5.97 Å². The Bertz CT molecular complexity index is 1310. The lowest BCUT2D eigenvalue weighted by atomic mass is 9.77. The van der Waals surface area contributed by atoms with Gasteiger partial charge in [0.1, 0.15) is 5.67 Å². The van der Waals surface area contributed by atoms with Crippen LogP contribution in [0.4, 0.5) is 4.39 Å². The Hall–Kier alpha value is -3.81. The van der Waals surface area contributed by atoms with E-state index < -0.39 is 5.67 Å². The number of esters is 1. The molecule has 0 atom stereocenters. The van der Waals surface area contributed by atoms with Crippen LogP contribution >= 0.6 is 0 Å². The largest absolute Gasteiger partial charge is 0.465 e. The zero-order chi connectivity index (χ0) is 23.0. The third-order valence-corrected chi connectivity index (χ3v) is 6.11. The maximum atomic E-state index is 14.6. The maximum Gasteiger partial charge on any atom is 0.337 e. The summed E-state index contributed by atoms with van der Waals surface area (Å²) < 4.78 is 26.6. The van der Waals surface area contributed by atoms with Gasteiger partial charge in [0.15, 0.2) is 5.69 Å². The molecule has 168 valence electrons. The minimum atomic E-state index is -1.19. The quantitative estimate of drug-likeness (QED) is 0.384. The van der Waals surface area contributed by atoms with Gasteiger partial charge in [0.25, 0.3) is 5.89 Å². The van der Waals surface area contributed by atoms with Crippen molar-refractivity contribution in [2.24, 2.45) is 0 Å². The molecule has 0 unspecified atom stereocenters. The molecule has 33 heavy (non-hydrogen) atoms. The summed E-state index contributed by atoms with van der Waals surface area (Å²) in [5.41, 5.74) is 3.14. The Balaban J connectivity index is 1.34. The van der Waals surface area contributed by atoms with Crippen molar-refractivity contribution in [1.29, 1.82) is 0 Å². The monoisotopic (exact) mass is 446 g/mol. The standard InChI is InChI=1S/C25H23FN4O3/c1-16-13-21(28-30(16)15-17-5-3-6-19(14-17)24(31)32-2)23-27-22(29-33-23)18-7-9-20(10-8-18)25(26)11-4-12-25/h3,5-10,13-14H,4,11-12,15H2,1-2H3. The van der Waals surface area contributed by atoms with Gasteiger partial charge in [-0.15, -0.1) is 0 Å². The van der Waals surface area contributed by atoms with Crippen LogP contribution in [0.25, 0.3) is 23.0 Å². The summed E-state index contributed by atoms with van der Waals surface area (Å²) in [5.74, 6) is 0.353. The number of ether oxygens (including phenoxy) is 1. The molecule has 1 fully saturated rings. The van der Waals surface area contributed by atoms with Gasteiger partial charge < -0.3 is 9.26 Å². The van der Waals surface area contributed by atoms with Gasteiger partial charge >= 0.3 is 5.97 Å². The highest BCUT2D eigenvalue weighted by atomic mass is 19.1. The molecular weight excluding hydrogens is 423 g/mol. The van der Waals surface area contributed by atoms with E-state index in [0.29, 0.717) is 47.9 Å². The van der Waals surface area contributed by atoms with Crippen LogP contribution in [0.2, 0.25) is 0 Å². The van der Waals surface area contributed by atoms with Crippen LogP contribution in [0.15, 0.2) is 59.1 Å². The van der Waals surface area contributed by atoms with Crippen molar-refractivity contribution in [2.75, 3.05) is 7.11 Å². The molecule has 0 bridgehead atoms. The molecule has 0 spiro atoms. The Labute approximate surface area is 190 Å². The zero-order valence-electron chi connectivity index (χ0n) is 18.4. The summed E-state index contributed by atoms with van der Waals surface area (Å²) in [7, 11) is 1.36. The van der Waals surface area contributed by atoms with E-state index in [1.165, 1.54) is 7.11 Å². The van der Waals surface area contributed by atoms with Crippen molar-refractivity contribution in [3.8, 4) is 23.0 Å². The Kier molecular flexibility index (Phi) is 5.28. The number of benzene rings is 2. The normalized spacial score (nSPS) is 14.6. The fourth-order valence-corrected chi connectivity index (χ4v) is 4.00. The highest BCUT2D eigenvalue weighted by molar-refractivity contribution is 5.89. The molecule has 2 aromatic heterocycles. The first kappa shape index (κ1) is 21.1. The first-order valence-corrected chi connectivity index (χ1v) is 10.8. The third kappa shape index (κ3) is 4.04. The Morgan fingerprint density at radius 2 is 1.97 bits per heavy atom. The van der Waals surface area contributed by atoms with E-state index in [0.717, 1.165) is 23.2 Å². The summed E-state index contributed by atoms with van der Waals surface area (Å²) in [6, 6.07) is 16.3. The molecule has 0 aliphatic heterocycles. The van der Waals surface area contributed by atoms with Crippen molar-refractivity contribution in [2.45, 2.75) is 38.4 Å². The predicted molar refractivity (Wildman–Crippen MR) is 119 cm³/mol. The van der Waals surface area contributed by atoms with Crippen LogP contribution in [0.1, 0.15) is 46.4 Å². The summed E-state index contributed by atoms with van der Waals surface area (Å²) in [6.45, 7) is 2.41. The number of aryl methyl sites for hydroxylation is 1. The molecule has 1 aliphatic carbocycles. The molecule has 2 heterocycles. The number of nitrogens with zero attached hydrogens (tertiary/aromatic N) is 4. The fourth-order valence-electron chi connectivity index (χ4n) is 4.00. The van der Waals surface area contributed by atoms with Gasteiger partial charge in [0, 0.05) is 11.3 Å².